The predicted octanol–water partition coefficient (Wildman–Crippen LogP) is 0.686. The number of likely N-dealkylation sites (tertiary alicyclic amines) is 1. The van der Waals surface area contributed by atoms with Crippen LogP contribution in [-0.4, -0.2) is 48.3 Å². The van der Waals surface area contributed by atoms with Crippen molar-refractivity contribution in [2.24, 2.45) is 5.92 Å². The molecule has 0 radical (unpaired) electrons. The Morgan fingerprint density at radius 1 is 1.50 bits per heavy atom. The highest BCUT2D eigenvalue weighted by Gasteiger charge is 2.28. The molecule has 1 rings (SSSR count). The van der Waals surface area contributed by atoms with Crippen LogP contribution in [0.4, 0.5) is 0 Å². The standard InChI is InChI=1S/C11H24N2O/c1-8-7-13(4)9(2)5-11(8)12-6-10(3)14/h8-12,14H,5-7H2,1-4H3/t8-,9-,10-,11+/m0/s1. The molecule has 3 nitrogen and oxygen atoms in total. The van der Waals surface area contributed by atoms with Crippen molar-refractivity contribution in [3.63, 3.8) is 0 Å². The van der Waals surface area contributed by atoms with Crippen molar-refractivity contribution in [2.45, 2.75) is 45.4 Å². The molecule has 0 aromatic heterocycles. The van der Waals surface area contributed by atoms with Gasteiger partial charge in [0.2, 0.25) is 0 Å². The summed E-state index contributed by atoms with van der Waals surface area (Å²) in [5.41, 5.74) is 0. The van der Waals surface area contributed by atoms with Gasteiger partial charge in [0.15, 0.2) is 0 Å². The van der Waals surface area contributed by atoms with Crippen LogP contribution in [0.15, 0.2) is 0 Å². The molecule has 0 saturated carbocycles. The molecule has 0 bridgehead atoms. The first-order valence-corrected chi connectivity index (χ1v) is 5.62. The monoisotopic (exact) mass is 200 g/mol. The molecule has 2 N–H and O–H groups in total. The Morgan fingerprint density at radius 2 is 2.14 bits per heavy atom. The zero-order valence-electron chi connectivity index (χ0n) is 9.83. The summed E-state index contributed by atoms with van der Waals surface area (Å²) in [6, 6.07) is 1.22. The molecule has 1 aliphatic heterocycles. The molecule has 0 amide bonds. The maximum absolute atomic E-state index is 9.21. The molecular formula is C11H24N2O. The molecular weight excluding hydrogens is 176 g/mol. The average molecular weight is 200 g/mol. The molecule has 0 unspecified atom stereocenters. The van der Waals surface area contributed by atoms with Gasteiger partial charge in [-0.2, -0.15) is 0 Å². The lowest BCUT2D eigenvalue weighted by molar-refractivity contribution is 0.109. The fraction of sp³-hybridized carbons (Fsp3) is 1.00. The van der Waals surface area contributed by atoms with Crippen LogP contribution in [0, 0.1) is 5.92 Å². The van der Waals surface area contributed by atoms with Crippen LogP contribution < -0.4 is 5.32 Å². The van der Waals surface area contributed by atoms with Crippen LogP contribution in [-0.2, 0) is 0 Å². The number of piperidine rings is 1. The Hall–Kier alpha value is -0.120. The van der Waals surface area contributed by atoms with Crippen LogP contribution in [0.25, 0.3) is 0 Å². The molecule has 1 heterocycles. The first-order valence-electron chi connectivity index (χ1n) is 5.62. The van der Waals surface area contributed by atoms with E-state index < -0.39 is 0 Å². The number of aliphatic hydroxyl groups excluding tert-OH is 1. The lowest BCUT2D eigenvalue weighted by Crippen LogP contribution is -2.51. The second-order valence-electron chi connectivity index (χ2n) is 4.87. The van der Waals surface area contributed by atoms with Gasteiger partial charge in [0.05, 0.1) is 6.10 Å². The van der Waals surface area contributed by atoms with Gasteiger partial charge in [-0.25, -0.2) is 0 Å². The highest BCUT2D eigenvalue weighted by molar-refractivity contribution is 4.86. The third-order valence-electron chi connectivity index (χ3n) is 3.29. The average Bonchev–Trinajstić information content (AvgIpc) is 2.09. The molecule has 3 heteroatoms. The molecule has 1 fully saturated rings. The van der Waals surface area contributed by atoms with E-state index in [9.17, 15) is 5.11 Å². The second-order valence-corrected chi connectivity index (χ2v) is 4.87. The Kier molecular flexibility index (Phi) is 4.35. The van der Waals surface area contributed by atoms with Gasteiger partial charge in [0.1, 0.15) is 0 Å². The molecule has 0 aromatic carbocycles. The van der Waals surface area contributed by atoms with E-state index in [4.69, 9.17) is 0 Å². The Bertz CT molecular complexity index is 173. The van der Waals surface area contributed by atoms with E-state index in [1.807, 2.05) is 6.92 Å². The van der Waals surface area contributed by atoms with E-state index in [2.05, 4.69) is 31.1 Å². The quantitative estimate of drug-likeness (QED) is 0.703. The van der Waals surface area contributed by atoms with E-state index >= 15 is 0 Å². The summed E-state index contributed by atoms with van der Waals surface area (Å²) >= 11 is 0. The van der Waals surface area contributed by atoms with Gasteiger partial charge in [-0.15, -0.1) is 0 Å². The first-order chi connectivity index (χ1) is 6.50. The van der Waals surface area contributed by atoms with Gasteiger partial charge >= 0.3 is 0 Å². The molecule has 1 saturated heterocycles. The van der Waals surface area contributed by atoms with E-state index in [1.165, 1.54) is 6.42 Å². The molecule has 14 heavy (non-hydrogen) atoms. The summed E-state index contributed by atoms with van der Waals surface area (Å²) in [4.78, 5) is 2.41. The SMILES string of the molecule is C[C@H](O)CN[C@@H]1C[C@H](C)N(C)C[C@@H]1C. The summed E-state index contributed by atoms with van der Waals surface area (Å²) in [5, 5.41) is 12.7. The highest BCUT2D eigenvalue weighted by atomic mass is 16.3. The minimum absolute atomic E-state index is 0.239. The molecule has 4 atom stereocenters. The lowest BCUT2D eigenvalue weighted by atomic mass is 9.90. The van der Waals surface area contributed by atoms with Gasteiger partial charge < -0.3 is 15.3 Å². The Morgan fingerprint density at radius 3 is 2.71 bits per heavy atom. The molecule has 0 aromatic rings. The summed E-state index contributed by atoms with van der Waals surface area (Å²) in [6.45, 7) is 8.24. The van der Waals surface area contributed by atoms with Crippen molar-refractivity contribution in [3.8, 4) is 0 Å². The molecule has 1 aliphatic rings. The molecule has 0 aliphatic carbocycles. The van der Waals surface area contributed by atoms with Gasteiger partial charge in [-0.1, -0.05) is 6.92 Å². The van der Waals surface area contributed by atoms with Crippen molar-refractivity contribution >= 4 is 0 Å². The number of nitrogens with zero attached hydrogens (tertiary/aromatic N) is 1. The largest absolute Gasteiger partial charge is 0.392 e. The summed E-state index contributed by atoms with van der Waals surface area (Å²) < 4.78 is 0. The summed E-state index contributed by atoms with van der Waals surface area (Å²) in [6.07, 6.45) is 0.946. The van der Waals surface area contributed by atoms with Gasteiger partial charge in [-0.05, 0) is 33.2 Å². The first kappa shape index (κ1) is 12.0. The number of aliphatic hydroxyl groups is 1. The summed E-state index contributed by atoms with van der Waals surface area (Å²) in [5.74, 6) is 0.676. The van der Waals surface area contributed by atoms with Crippen LogP contribution in [0.2, 0.25) is 0 Å². The maximum atomic E-state index is 9.21. The van der Waals surface area contributed by atoms with Crippen LogP contribution in [0.5, 0.6) is 0 Å². The number of hydrogen-bond acceptors (Lipinski definition) is 3. The molecule has 84 valence electrons. The topological polar surface area (TPSA) is 35.5 Å². The van der Waals surface area contributed by atoms with Crippen molar-refractivity contribution in [3.05, 3.63) is 0 Å². The molecule has 0 spiro atoms. The third-order valence-corrected chi connectivity index (χ3v) is 3.29. The van der Waals surface area contributed by atoms with Crippen molar-refractivity contribution < 1.29 is 5.11 Å². The van der Waals surface area contributed by atoms with Crippen LogP contribution in [0.1, 0.15) is 27.2 Å². The van der Waals surface area contributed by atoms with Gasteiger partial charge in [0.25, 0.3) is 0 Å². The fourth-order valence-electron chi connectivity index (χ4n) is 2.15. The van der Waals surface area contributed by atoms with E-state index in [0.29, 0.717) is 24.5 Å². The minimum Gasteiger partial charge on any atom is -0.392 e. The summed E-state index contributed by atoms with van der Waals surface area (Å²) in [7, 11) is 2.19. The van der Waals surface area contributed by atoms with Crippen LogP contribution >= 0.6 is 0 Å². The number of hydrogen-bond donors (Lipinski definition) is 2. The van der Waals surface area contributed by atoms with E-state index in [0.717, 1.165) is 6.54 Å². The van der Waals surface area contributed by atoms with E-state index in [1.54, 1.807) is 0 Å². The Balaban J connectivity index is 2.37. The fourth-order valence-corrected chi connectivity index (χ4v) is 2.15. The lowest BCUT2D eigenvalue weighted by Gasteiger charge is -2.40. The maximum Gasteiger partial charge on any atom is 0.0636 e. The zero-order chi connectivity index (χ0) is 10.7. The van der Waals surface area contributed by atoms with Gasteiger partial charge in [0, 0.05) is 25.2 Å². The normalized spacial score (nSPS) is 37.1. The number of nitrogens with one attached hydrogen (secondary N) is 1. The number of rotatable bonds is 3. The second kappa shape index (κ2) is 5.10. The highest BCUT2D eigenvalue weighted by Crippen LogP contribution is 2.20. The Labute approximate surface area is 87.5 Å². The third kappa shape index (κ3) is 3.23. The van der Waals surface area contributed by atoms with Crippen molar-refractivity contribution in [2.75, 3.05) is 20.1 Å². The van der Waals surface area contributed by atoms with E-state index in [-0.39, 0.29) is 6.10 Å². The predicted molar refractivity (Wildman–Crippen MR) is 59.3 cm³/mol. The minimum atomic E-state index is -0.239. The van der Waals surface area contributed by atoms with Gasteiger partial charge in [-0.3, -0.25) is 0 Å². The van der Waals surface area contributed by atoms with Crippen LogP contribution in [0.3, 0.4) is 0 Å². The van der Waals surface area contributed by atoms with Crippen molar-refractivity contribution in [1.29, 1.82) is 0 Å². The van der Waals surface area contributed by atoms with Crippen molar-refractivity contribution in [1.82, 2.24) is 10.2 Å². The smallest absolute Gasteiger partial charge is 0.0636 e. The zero-order valence-corrected chi connectivity index (χ0v) is 9.83.